The van der Waals surface area contributed by atoms with Crippen LogP contribution in [0.2, 0.25) is 0 Å². The lowest BCUT2D eigenvalue weighted by molar-refractivity contribution is 0.0710. The van der Waals surface area contributed by atoms with E-state index in [0.717, 1.165) is 103 Å². The summed E-state index contributed by atoms with van der Waals surface area (Å²) >= 11 is 0. The molecule has 2 aromatic carbocycles. The largest absolute Gasteiger partial charge is 0.454 e. The molecule has 3 fully saturated rings. The van der Waals surface area contributed by atoms with Crippen molar-refractivity contribution < 1.29 is 19.0 Å². The Morgan fingerprint density at radius 2 is 1.68 bits per heavy atom. The fourth-order valence-electron chi connectivity index (χ4n) is 7.01. The number of likely N-dealkylation sites (tertiary alicyclic amines) is 2. The highest BCUT2D eigenvalue weighted by Gasteiger charge is 2.34. The molecule has 40 heavy (non-hydrogen) atoms. The van der Waals surface area contributed by atoms with Gasteiger partial charge in [0.05, 0.1) is 23.7 Å². The summed E-state index contributed by atoms with van der Waals surface area (Å²) in [7, 11) is 1.75. The third-order valence-electron chi connectivity index (χ3n) is 9.07. The van der Waals surface area contributed by atoms with Gasteiger partial charge in [-0.2, -0.15) is 0 Å². The van der Waals surface area contributed by atoms with Crippen LogP contribution in [0.3, 0.4) is 0 Å². The molecule has 7 rings (SSSR count). The molecule has 5 heterocycles. The number of nitrogens with zero attached hydrogens (tertiary/aromatic N) is 4. The van der Waals surface area contributed by atoms with Crippen molar-refractivity contribution in [2.75, 3.05) is 58.1 Å². The van der Waals surface area contributed by atoms with Crippen molar-refractivity contribution >= 4 is 22.6 Å². The lowest BCUT2D eigenvalue weighted by atomic mass is 9.99. The van der Waals surface area contributed by atoms with Gasteiger partial charge in [-0.05, 0) is 93.1 Å². The summed E-state index contributed by atoms with van der Waals surface area (Å²) in [6.45, 7) is 5.93. The summed E-state index contributed by atoms with van der Waals surface area (Å²) in [5, 5.41) is 0.901. The lowest BCUT2D eigenvalue weighted by Crippen LogP contribution is -2.42. The topological polar surface area (TPSA) is 67.4 Å². The van der Waals surface area contributed by atoms with Crippen LogP contribution in [0.1, 0.15) is 48.9 Å². The van der Waals surface area contributed by atoms with Crippen LogP contribution in [0.5, 0.6) is 11.5 Å². The number of anilines is 1. The minimum atomic E-state index is 0.126. The Labute approximate surface area is 235 Å². The van der Waals surface area contributed by atoms with Gasteiger partial charge >= 0.3 is 0 Å². The van der Waals surface area contributed by atoms with E-state index in [1.54, 1.807) is 7.11 Å². The monoisotopic (exact) mass is 542 g/mol. The van der Waals surface area contributed by atoms with E-state index in [0.29, 0.717) is 6.61 Å². The summed E-state index contributed by atoms with van der Waals surface area (Å²) in [6, 6.07) is 14.9. The van der Waals surface area contributed by atoms with Gasteiger partial charge in [-0.15, -0.1) is 0 Å². The Balaban J connectivity index is 1.29. The molecule has 0 spiro atoms. The maximum atomic E-state index is 14.4. The van der Waals surface area contributed by atoms with Gasteiger partial charge in [-0.1, -0.05) is 12.1 Å². The zero-order chi connectivity index (χ0) is 27.1. The van der Waals surface area contributed by atoms with E-state index in [1.165, 1.54) is 12.8 Å². The number of methoxy groups -OCH3 is 1. The average molecular weight is 543 g/mol. The number of hydrogen-bond donors (Lipinski definition) is 0. The fraction of sp³-hybridized carbons (Fsp3) is 0.500. The maximum Gasteiger partial charge on any atom is 0.254 e. The summed E-state index contributed by atoms with van der Waals surface area (Å²) in [5.74, 6) is 2.52. The standard InChI is InChI=1S/C32H38N4O4/c1-38-20-25-7-5-14-35(25)31-18-27(32(37)36-15-4-6-24(36)19-34-12-2-3-13-34)26-16-22(8-10-28(26)33-31)23-9-11-29-30(17-23)40-21-39-29/h8-11,16-18,24-25H,2-7,12-15,19-21H2,1H3/t24-,25+/m0/s1. The van der Waals surface area contributed by atoms with E-state index < -0.39 is 0 Å². The predicted octanol–water partition coefficient (Wildman–Crippen LogP) is 4.95. The maximum absolute atomic E-state index is 14.4. The van der Waals surface area contributed by atoms with E-state index in [1.807, 2.05) is 24.3 Å². The zero-order valence-electron chi connectivity index (χ0n) is 23.3. The van der Waals surface area contributed by atoms with Crippen LogP contribution >= 0.6 is 0 Å². The van der Waals surface area contributed by atoms with Crippen LogP contribution in [0.4, 0.5) is 5.82 Å². The van der Waals surface area contributed by atoms with Crippen LogP contribution in [0, 0.1) is 0 Å². The average Bonchev–Trinajstić information content (AvgIpc) is 3.80. The molecule has 0 unspecified atom stereocenters. The van der Waals surface area contributed by atoms with Gasteiger partial charge in [0.1, 0.15) is 5.82 Å². The number of fused-ring (bicyclic) bond motifs is 2. The molecule has 0 aliphatic carbocycles. The number of carbonyl (C=O) groups excluding carboxylic acids is 1. The number of aromatic nitrogens is 1. The fourth-order valence-corrected chi connectivity index (χ4v) is 7.01. The predicted molar refractivity (Wildman–Crippen MR) is 155 cm³/mol. The molecule has 0 radical (unpaired) electrons. The Morgan fingerprint density at radius 1 is 0.900 bits per heavy atom. The molecule has 8 heteroatoms. The van der Waals surface area contributed by atoms with E-state index in [9.17, 15) is 4.79 Å². The number of hydrogen-bond acceptors (Lipinski definition) is 7. The SMILES string of the molecule is COC[C@H]1CCCN1c1cc(C(=O)N2CCC[C@H]2CN2CCCC2)c2cc(-c3ccc4c(c3)OCO4)ccc2n1. The minimum absolute atomic E-state index is 0.126. The van der Waals surface area contributed by atoms with Gasteiger partial charge in [0, 0.05) is 38.2 Å². The van der Waals surface area contributed by atoms with Gasteiger partial charge < -0.3 is 28.9 Å². The first-order valence-corrected chi connectivity index (χ1v) is 14.8. The van der Waals surface area contributed by atoms with Gasteiger partial charge in [-0.3, -0.25) is 4.79 Å². The van der Waals surface area contributed by atoms with Crippen molar-refractivity contribution in [3.8, 4) is 22.6 Å². The molecule has 210 valence electrons. The molecule has 1 amide bonds. The number of rotatable bonds is 7. The Kier molecular flexibility index (Phi) is 6.97. The van der Waals surface area contributed by atoms with Crippen molar-refractivity contribution in [1.29, 1.82) is 0 Å². The molecule has 3 saturated heterocycles. The highest BCUT2D eigenvalue weighted by Crippen LogP contribution is 2.38. The molecule has 0 N–H and O–H groups in total. The van der Waals surface area contributed by atoms with Crippen LogP contribution < -0.4 is 14.4 Å². The van der Waals surface area contributed by atoms with E-state index >= 15 is 0 Å². The van der Waals surface area contributed by atoms with E-state index in [2.05, 4.69) is 32.9 Å². The second-order valence-electron chi connectivity index (χ2n) is 11.6. The normalized spacial score (nSPS) is 22.6. The molecular weight excluding hydrogens is 504 g/mol. The number of pyridine rings is 1. The number of carbonyl (C=O) groups is 1. The number of ether oxygens (including phenoxy) is 3. The summed E-state index contributed by atoms with van der Waals surface area (Å²) in [4.78, 5) is 26.5. The highest BCUT2D eigenvalue weighted by molar-refractivity contribution is 6.08. The van der Waals surface area contributed by atoms with Crippen LogP contribution in [0.15, 0.2) is 42.5 Å². The third-order valence-corrected chi connectivity index (χ3v) is 9.07. The quantitative estimate of drug-likeness (QED) is 0.419. The van der Waals surface area contributed by atoms with Crippen LogP contribution in [-0.4, -0.2) is 86.0 Å². The molecular formula is C32H38N4O4. The molecule has 2 atom stereocenters. The smallest absolute Gasteiger partial charge is 0.254 e. The Bertz CT molecular complexity index is 1410. The minimum Gasteiger partial charge on any atom is -0.454 e. The first-order valence-electron chi connectivity index (χ1n) is 14.8. The molecule has 8 nitrogen and oxygen atoms in total. The summed E-state index contributed by atoms with van der Waals surface area (Å²) in [6.07, 6.45) is 6.83. The Morgan fingerprint density at radius 3 is 2.55 bits per heavy atom. The number of amides is 1. The molecule has 0 bridgehead atoms. The number of benzene rings is 2. The molecule has 3 aromatic rings. The summed E-state index contributed by atoms with van der Waals surface area (Å²) in [5.41, 5.74) is 3.66. The van der Waals surface area contributed by atoms with Gasteiger partial charge in [0.2, 0.25) is 6.79 Å². The zero-order valence-corrected chi connectivity index (χ0v) is 23.3. The van der Waals surface area contributed by atoms with E-state index in [4.69, 9.17) is 19.2 Å². The highest BCUT2D eigenvalue weighted by atomic mass is 16.7. The molecule has 4 aliphatic rings. The van der Waals surface area contributed by atoms with Gasteiger partial charge in [-0.25, -0.2) is 4.98 Å². The second-order valence-corrected chi connectivity index (χ2v) is 11.6. The summed E-state index contributed by atoms with van der Waals surface area (Å²) < 4.78 is 16.7. The third kappa shape index (κ3) is 4.77. The van der Waals surface area contributed by atoms with Crippen LogP contribution in [0.25, 0.3) is 22.0 Å². The van der Waals surface area contributed by atoms with E-state index in [-0.39, 0.29) is 24.8 Å². The van der Waals surface area contributed by atoms with Gasteiger partial charge in [0.25, 0.3) is 5.91 Å². The molecule has 0 saturated carbocycles. The van der Waals surface area contributed by atoms with Crippen LogP contribution in [-0.2, 0) is 4.74 Å². The molecule has 4 aliphatic heterocycles. The molecule has 1 aromatic heterocycles. The van der Waals surface area contributed by atoms with Gasteiger partial charge in [0.15, 0.2) is 11.5 Å². The van der Waals surface area contributed by atoms with Crippen molar-refractivity contribution in [1.82, 2.24) is 14.8 Å². The second kappa shape index (κ2) is 10.9. The Hall–Kier alpha value is -3.36. The van der Waals surface area contributed by atoms with Crippen molar-refractivity contribution in [2.45, 2.75) is 50.6 Å². The van der Waals surface area contributed by atoms with Crippen molar-refractivity contribution in [3.05, 3.63) is 48.0 Å². The first-order chi connectivity index (χ1) is 19.7. The lowest BCUT2D eigenvalue weighted by Gasteiger charge is -2.30. The first kappa shape index (κ1) is 25.6. The van der Waals surface area contributed by atoms with Crippen molar-refractivity contribution in [2.24, 2.45) is 0 Å². The van der Waals surface area contributed by atoms with Crippen molar-refractivity contribution in [3.63, 3.8) is 0 Å².